The summed E-state index contributed by atoms with van der Waals surface area (Å²) in [6, 6.07) is 4.22. The molecule has 12 heteroatoms. The van der Waals surface area contributed by atoms with Crippen molar-refractivity contribution in [2.45, 2.75) is 31.6 Å². The number of nitrogens with one attached hydrogen (secondary N) is 3. The zero-order chi connectivity index (χ0) is 21.6. The molecule has 0 aliphatic carbocycles. The Morgan fingerprint density at radius 2 is 1.97 bits per heavy atom. The topological polar surface area (TPSA) is 124 Å². The Bertz CT molecular complexity index is 1080. The molecule has 2 aliphatic rings. The predicted octanol–water partition coefficient (Wildman–Crippen LogP) is 1.44. The second kappa shape index (κ2) is 6.97. The van der Waals surface area contributed by atoms with E-state index in [0.29, 0.717) is 17.2 Å². The molecule has 1 atom stereocenters. The Labute approximate surface area is 166 Å². The van der Waals surface area contributed by atoms with Crippen LogP contribution >= 0.6 is 0 Å². The lowest BCUT2D eigenvalue weighted by atomic mass is 10.0. The van der Waals surface area contributed by atoms with E-state index in [1.165, 1.54) is 23.1 Å². The second-order valence-corrected chi connectivity index (χ2v) is 6.89. The van der Waals surface area contributed by atoms with Crippen LogP contribution in [0.4, 0.5) is 18.9 Å². The molecule has 9 nitrogen and oxygen atoms in total. The van der Waals surface area contributed by atoms with Gasteiger partial charge in [0.15, 0.2) is 5.69 Å². The van der Waals surface area contributed by atoms with Crippen molar-refractivity contribution in [3.8, 4) is 0 Å². The van der Waals surface area contributed by atoms with Crippen molar-refractivity contribution in [3.05, 3.63) is 46.8 Å². The summed E-state index contributed by atoms with van der Waals surface area (Å²) in [5.41, 5.74) is -0.443. The van der Waals surface area contributed by atoms with Crippen molar-refractivity contribution in [2.75, 3.05) is 5.32 Å². The summed E-state index contributed by atoms with van der Waals surface area (Å²) in [5.74, 6) is -2.16. The fraction of sp³-hybridized carbons (Fsp3) is 0.278. The van der Waals surface area contributed by atoms with Gasteiger partial charge in [-0.15, -0.1) is 0 Å². The maximum atomic E-state index is 12.6. The van der Waals surface area contributed by atoms with Crippen molar-refractivity contribution in [3.63, 3.8) is 0 Å². The van der Waals surface area contributed by atoms with Crippen LogP contribution < -0.4 is 10.6 Å². The van der Waals surface area contributed by atoms with Crippen LogP contribution in [0.15, 0.2) is 24.3 Å². The molecule has 2 aromatic rings. The normalized spacial score (nSPS) is 19.0. The molecule has 1 aromatic heterocycles. The van der Waals surface area contributed by atoms with Crippen molar-refractivity contribution in [1.82, 2.24) is 20.4 Å². The van der Waals surface area contributed by atoms with E-state index in [9.17, 15) is 32.3 Å². The molecule has 4 amide bonds. The highest BCUT2D eigenvalue weighted by Gasteiger charge is 2.39. The van der Waals surface area contributed by atoms with Gasteiger partial charge in [0.2, 0.25) is 11.8 Å². The van der Waals surface area contributed by atoms with Gasteiger partial charge < -0.3 is 10.2 Å². The molecule has 2 aliphatic heterocycles. The van der Waals surface area contributed by atoms with Crippen LogP contribution in [-0.2, 0) is 22.3 Å². The first kappa shape index (κ1) is 19.6. The lowest BCUT2D eigenvalue weighted by Gasteiger charge is -2.29. The van der Waals surface area contributed by atoms with Crippen LogP contribution in [0.1, 0.15) is 44.9 Å². The van der Waals surface area contributed by atoms with E-state index in [-0.39, 0.29) is 31.0 Å². The molecule has 1 aromatic carbocycles. The number of carbonyl (C=O) groups excluding carboxylic acids is 4. The highest BCUT2D eigenvalue weighted by molar-refractivity contribution is 6.06. The third kappa shape index (κ3) is 3.51. The number of piperidine rings is 1. The van der Waals surface area contributed by atoms with Gasteiger partial charge in [-0.1, -0.05) is 0 Å². The molecule has 1 fully saturated rings. The molecule has 156 valence electrons. The number of aromatic amines is 1. The number of anilines is 1. The Hall–Kier alpha value is -3.70. The molecular weight excluding hydrogens is 407 g/mol. The monoisotopic (exact) mass is 421 g/mol. The molecule has 0 saturated carbocycles. The molecule has 3 heterocycles. The molecule has 0 bridgehead atoms. The molecule has 0 spiro atoms. The summed E-state index contributed by atoms with van der Waals surface area (Å²) < 4.78 is 37.9. The number of imide groups is 1. The largest absolute Gasteiger partial charge is 0.432 e. The zero-order valence-corrected chi connectivity index (χ0v) is 15.2. The first-order valence-electron chi connectivity index (χ1n) is 8.85. The first-order valence-corrected chi connectivity index (χ1v) is 8.85. The average molecular weight is 421 g/mol. The van der Waals surface area contributed by atoms with E-state index in [4.69, 9.17) is 0 Å². The maximum absolute atomic E-state index is 12.6. The van der Waals surface area contributed by atoms with Gasteiger partial charge in [0.05, 0.1) is 0 Å². The van der Waals surface area contributed by atoms with Gasteiger partial charge >= 0.3 is 6.18 Å². The molecular formula is C18H14F3N5O4. The van der Waals surface area contributed by atoms with Crippen LogP contribution in [0.2, 0.25) is 0 Å². The summed E-state index contributed by atoms with van der Waals surface area (Å²) in [4.78, 5) is 49.5. The van der Waals surface area contributed by atoms with E-state index in [2.05, 4.69) is 15.7 Å². The van der Waals surface area contributed by atoms with Gasteiger partial charge in [-0.05, 0) is 30.2 Å². The number of carbonyl (C=O) groups is 4. The van der Waals surface area contributed by atoms with Crippen LogP contribution in [0.5, 0.6) is 0 Å². The average Bonchev–Trinajstić information content (AvgIpc) is 3.27. The number of nitrogens with zero attached hydrogens (tertiary/aromatic N) is 2. The highest BCUT2D eigenvalue weighted by Crippen LogP contribution is 2.30. The lowest BCUT2D eigenvalue weighted by Crippen LogP contribution is -2.52. The fourth-order valence-corrected chi connectivity index (χ4v) is 3.43. The number of H-pyrrole nitrogens is 1. The standard InChI is InChI=1S/C18H14F3N5O4/c19-18(20,21)13-6-11(24-25-13)15(28)22-9-1-2-10-8(5-9)7-26(17(10)30)12-3-4-14(27)23-16(12)29/h1-2,5-6,12H,3-4,7H2,(H,22,28)(H,24,25)(H,23,27,29). The SMILES string of the molecule is O=C1CCC(N2Cc3cc(NC(=O)c4cc(C(F)(F)F)[nH]n4)ccc3C2=O)C(=O)N1. The minimum absolute atomic E-state index is 0.102. The molecule has 1 unspecified atom stereocenters. The maximum Gasteiger partial charge on any atom is 0.432 e. The number of halogens is 3. The molecule has 3 N–H and O–H groups in total. The van der Waals surface area contributed by atoms with Gasteiger partial charge in [-0.25, -0.2) is 0 Å². The number of benzene rings is 1. The molecule has 30 heavy (non-hydrogen) atoms. The van der Waals surface area contributed by atoms with Crippen molar-refractivity contribution in [2.24, 2.45) is 0 Å². The highest BCUT2D eigenvalue weighted by atomic mass is 19.4. The summed E-state index contributed by atoms with van der Waals surface area (Å²) >= 11 is 0. The number of hydrogen-bond acceptors (Lipinski definition) is 5. The third-order valence-electron chi connectivity index (χ3n) is 4.90. The van der Waals surface area contributed by atoms with Gasteiger partial charge in [-0.3, -0.25) is 29.6 Å². The number of aromatic nitrogens is 2. The number of fused-ring (bicyclic) bond motifs is 1. The third-order valence-corrected chi connectivity index (χ3v) is 4.90. The smallest absolute Gasteiger partial charge is 0.322 e. The number of alkyl halides is 3. The molecule has 4 rings (SSSR count). The van der Waals surface area contributed by atoms with Crippen LogP contribution in [0.3, 0.4) is 0 Å². The Balaban J connectivity index is 1.49. The van der Waals surface area contributed by atoms with Crippen LogP contribution in [0, 0.1) is 0 Å². The van der Waals surface area contributed by atoms with Gasteiger partial charge in [0, 0.05) is 30.3 Å². The molecule has 0 radical (unpaired) electrons. The second-order valence-electron chi connectivity index (χ2n) is 6.89. The van der Waals surface area contributed by atoms with Crippen LogP contribution in [0.25, 0.3) is 0 Å². The van der Waals surface area contributed by atoms with Gasteiger partial charge in [0.25, 0.3) is 11.8 Å². The number of rotatable bonds is 3. The number of hydrogen-bond donors (Lipinski definition) is 3. The van der Waals surface area contributed by atoms with Crippen LogP contribution in [-0.4, -0.2) is 44.8 Å². The van der Waals surface area contributed by atoms with E-state index >= 15 is 0 Å². The zero-order valence-electron chi connectivity index (χ0n) is 15.2. The fourth-order valence-electron chi connectivity index (χ4n) is 3.43. The summed E-state index contributed by atoms with van der Waals surface area (Å²) in [6.07, 6.45) is -4.31. The van der Waals surface area contributed by atoms with E-state index in [1.807, 2.05) is 0 Å². The lowest BCUT2D eigenvalue weighted by molar-refractivity contribution is -0.141. The Morgan fingerprint density at radius 3 is 2.63 bits per heavy atom. The summed E-state index contributed by atoms with van der Waals surface area (Å²) in [5, 5.41) is 9.76. The number of amides is 4. The molecule has 1 saturated heterocycles. The van der Waals surface area contributed by atoms with Crippen molar-refractivity contribution >= 4 is 29.3 Å². The van der Waals surface area contributed by atoms with E-state index < -0.39 is 41.3 Å². The Morgan fingerprint density at radius 1 is 1.20 bits per heavy atom. The van der Waals surface area contributed by atoms with Crippen molar-refractivity contribution < 1.29 is 32.3 Å². The summed E-state index contributed by atoms with van der Waals surface area (Å²) in [6.45, 7) is 0.102. The minimum atomic E-state index is -4.65. The Kier molecular flexibility index (Phi) is 4.56. The predicted molar refractivity (Wildman–Crippen MR) is 94.0 cm³/mol. The van der Waals surface area contributed by atoms with E-state index in [1.54, 1.807) is 5.10 Å². The van der Waals surface area contributed by atoms with Gasteiger partial charge in [-0.2, -0.15) is 18.3 Å². The quantitative estimate of drug-likeness (QED) is 0.647. The minimum Gasteiger partial charge on any atom is -0.322 e. The summed E-state index contributed by atoms with van der Waals surface area (Å²) in [7, 11) is 0. The van der Waals surface area contributed by atoms with Crippen molar-refractivity contribution in [1.29, 1.82) is 0 Å². The van der Waals surface area contributed by atoms with E-state index in [0.717, 1.165) is 0 Å². The first-order chi connectivity index (χ1) is 14.1. The van der Waals surface area contributed by atoms with Gasteiger partial charge in [0.1, 0.15) is 11.7 Å².